The summed E-state index contributed by atoms with van der Waals surface area (Å²) in [6, 6.07) is 5.83. The summed E-state index contributed by atoms with van der Waals surface area (Å²) in [5.41, 5.74) is 5.28. The second-order valence-electron chi connectivity index (χ2n) is 4.03. The zero-order valence-electron chi connectivity index (χ0n) is 10.5. The second-order valence-corrected chi connectivity index (χ2v) is 4.88. The average Bonchev–Trinajstić information content (AvgIpc) is 2.44. The van der Waals surface area contributed by atoms with Gasteiger partial charge in [0.2, 0.25) is 5.75 Å². The summed E-state index contributed by atoms with van der Waals surface area (Å²) in [6.07, 6.45) is 0. The minimum Gasteiger partial charge on any atom is -0.447 e. The number of halogens is 3. The Hall–Kier alpha value is -2.06. The van der Waals surface area contributed by atoms with E-state index in [0.717, 1.165) is 18.2 Å². The van der Waals surface area contributed by atoms with Crippen molar-refractivity contribution >= 4 is 21.6 Å². The first-order valence-corrected chi connectivity index (χ1v) is 6.52. The number of rotatable bonds is 4. The van der Waals surface area contributed by atoms with Gasteiger partial charge in [-0.15, -0.1) is 0 Å². The fourth-order valence-corrected chi connectivity index (χ4v) is 2.01. The highest BCUT2D eigenvalue weighted by atomic mass is 79.9. The van der Waals surface area contributed by atoms with Gasteiger partial charge in [0.1, 0.15) is 5.82 Å². The summed E-state index contributed by atoms with van der Waals surface area (Å²) >= 11 is 2.85. The highest BCUT2D eigenvalue weighted by Gasteiger charge is 2.21. The molecule has 0 atom stereocenters. The molecule has 8 heteroatoms. The van der Waals surface area contributed by atoms with Gasteiger partial charge in [0, 0.05) is 24.2 Å². The van der Waals surface area contributed by atoms with E-state index in [1.165, 1.54) is 12.1 Å². The quantitative estimate of drug-likeness (QED) is 0.664. The van der Waals surface area contributed by atoms with E-state index < -0.39 is 28.0 Å². The minimum atomic E-state index is -0.763. The number of nitrogens with two attached hydrogens (primary N) is 1. The topological polar surface area (TPSA) is 78.4 Å². The van der Waals surface area contributed by atoms with E-state index in [2.05, 4.69) is 15.9 Å². The Bertz CT molecular complexity index is 710. The third kappa shape index (κ3) is 3.17. The highest BCUT2D eigenvalue weighted by molar-refractivity contribution is 9.10. The molecule has 21 heavy (non-hydrogen) atoms. The number of benzene rings is 2. The van der Waals surface area contributed by atoms with E-state index in [0.29, 0.717) is 5.56 Å². The lowest BCUT2D eigenvalue weighted by Gasteiger charge is -2.11. The van der Waals surface area contributed by atoms with Crippen molar-refractivity contribution in [2.24, 2.45) is 5.73 Å². The molecule has 2 aromatic carbocycles. The van der Waals surface area contributed by atoms with Crippen LogP contribution < -0.4 is 10.5 Å². The maximum absolute atomic E-state index is 13.8. The monoisotopic (exact) mass is 358 g/mol. The van der Waals surface area contributed by atoms with Gasteiger partial charge in [-0.3, -0.25) is 10.1 Å². The summed E-state index contributed by atoms with van der Waals surface area (Å²) in [5, 5.41) is 11.0. The predicted molar refractivity (Wildman–Crippen MR) is 75.1 cm³/mol. The van der Waals surface area contributed by atoms with E-state index in [-0.39, 0.29) is 16.8 Å². The Kier molecular flexibility index (Phi) is 4.49. The van der Waals surface area contributed by atoms with E-state index in [1.54, 1.807) is 0 Å². The predicted octanol–water partition coefficient (Wildman–Crippen LogP) is 3.89. The van der Waals surface area contributed by atoms with E-state index in [4.69, 9.17) is 10.5 Å². The van der Waals surface area contributed by atoms with Gasteiger partial charge in [-0.05, 0) is 22.0 Å². The lowest BCUT2D eigenvalue weighted by molar-refractivity contribution is -0.385. The fourth-order valence-electron chi connectivity index (χ4n) is 1.68. The number of ether oxygens (including phenoxy) is 1. The Morgan fingerprint density at radius 2 is 2.00 bits per heavy atom. The first kappa shape index (κ1) is 15.3. The molecular weight excluding hydrogens is 350 g/mol. The van der Waals surface area contributed by atoms with Gasteiger partial charge < -0.3 is 10.5 Å². The van der Waals surface area contributed by atoms with Crippen molar-refractivity contribution in [3.63, 3.8) is 0 Å². The van der Waals surface area contributed by atoms with Gasteiger partial charge in [-0.2, -0.15) is 0 Å². The van der Waals surface area contributed by atoms with Crippen LogP contribution in [0.3, 0.4) is 0 Å². The molecule has 0 fully saturated rings. The Morgan fingerprint density at radius 1 is 1.29 bits per heavy atom. The second kappa shape index (κ2) is 6.15. The third-order valence-electron chi connectivity index (χ3n) is 2.68. The molecule has 0 aromatic heterocycles. The molecule has 2 aromatic rings. The Morgan fingerprint density at radius 3 is 2.62 bits per heavy atom. The smallest absolute Gasteiger partial charge is 0.312 e. The van der Waals surface area contributed by atoms with Gasteiger partial charge in [0.25, 0.3) is 0 Å². The Balaban J connectivity index is 2.54. The van der Waals surface area contributed by atoms with Crippen LogP contribution >= 0.6 is 15.9 Å². The number of nitro benzene ring substituents is 1. The van der Waals surface area contributed by atoms with Crippen LogP contribution in [-0.2, 0) is 6.54 Å². The minimum absolute atomic E-state index is 0.0279. The lowest BCUT2D eigenvalue weighted by atomic mass is 10.2. The number of para-hydroxylation sites is 1. The average molecular weight is 359 g/mol. The third-order valence-corrected chi connectivity index (χ3v) is 3.29. The van der Waals surface area contributed by atoms with Crippen LogP contribution in [0.25, 0.3) is 0 Å². The van der Waals surface area contributed by atoms with Gasteiger partial charge in [-0.1, -0.05) is 12.1 Å². The molecule has 0 aliphatic rings. The van der Waals surface area contributed by atoms with Crippen molar-refractivity contribution in [2.75, 3.05) is 0 Å². The van der Waals surface area contributed by atoms with Crippen LogP contribution in [0.1, 0.15) is 5.56 Å². The first-order valence-electron chi connectivity index (χ1n) is 5.72. The van der Waals surface area contributed by atoms with Crippen molar-refractivity contribution in [3.8, 4) is 11.5 Å². The molecule has 0 amide bonds. The molecule has 5 nitrogen and oxygen atoms in total. The summed E-state index contributed by atoms with van der Waals surface area (Å²) < 4.78 is 32.4. The molecule has 0 bridgehead atoms. The normalized spacial score (nSPS) is 10.5. The van der Waals surface area contributed by atoms with Gasteiger partial charge in [0.15, 0.2) is 11.6 Å². The first-order chi connectivity index (χ1) is 9.93. The van der Waals surface area contributed by atoms with E-state index in [9.17, 15) is 18.9 Å². The van der Waals surface area contributed by atoms with E-state index >= 15 is 0 Å². The van der Waals surface area contributed by atoms with Gasteiger partial charge in [-0.25, -0.2) is 8.78 Å². The Labute approximate surface area is 126 Å². The van der Waals surface area contributed by atoms with Crippen LogP contribution in [0.4, 0.5) is 14.5 Å². The molecule has 0 spiro atoms. The fraction of sp³-hybridized carbons (Fsp3) is 0.0769. The molecule has 2 rings (SSSR count). The summed E-state index contributed by atoms with van der Waals surface area (Å²) in [5.74, 6) is -2.16. The number of nitrogens with zero attached hydrogens (tertiary/aromatic N) is 1. The summed E-state index contributed by atoms with van der Waals surface area (Å²) in [6.45, 7) is -0.0279. The molecule has 0 aliphatic heterocycles. The van der Waals surface area contributed by atoms with E-state index in [1.807, 2.05) is 0 Å². The zero-order chi connectivity index (χ0) is 15.6. The molecular formula is C13H9BrF2N2O3. The molecule has 0 saturated heterocycles. The molecule has 0 radical (unpaired) electrons. The van der Waals surface area contributed by atoms with Gasteiger partial charge >= 0.3 is 5.69 Å². The molecule has 0 heterocycles. The molecule has 0 aliphatic carbocycles. The van der Waals surface area contributed by atoms with Crippen molar-refractivity contribution in [1.29, 1.82) is 0 Å². The van der Waals surface area contributed by atoms with Crippen LogP contribution in [0.2, 0.25) is 0 Å². The zero-order valence-corrected chi connectivity index (χ0v) is 12.1. The van der Waals surface area contributed by atoms with Crippen LogP contribution in [-0.4, -0.2) is 4.92 Å². The maximum Gasteiger partial charge on any atom is 0.312 e. The number of hydrogen-bond donors (Lipinski definition) is 1. The molecule has 110 valence electrons. The van der Waals surface area contributed by atoms with Crippen LogP contribution in [0, 0.1) is 21.7 Å². The number of nitro groups is 1. The summed E-state index contributed by atoms with van der Waals surface area (Å²) in [4.78, 5) is 10.2. The van der Waals surface area contributed by atoms with Crippen molar-refractivity contribution in [2.45, 2.75) is 6.54 Å². The standard InChI is InChI=1S/C13H9BrF2N2O3/c14-8-4-11(18(19)20)12(5-10(8)16)21-13-7(6-17)2-1-3-9(13)15/h1-5H,6,17H2. The highest BCUT2D eigenvalue weighted by Crippen LogP contribution is 2.37. The maximum atomic E-state index is 13.8. The molecule has 0 unspecified atom stereocenters. The van der Waals surface area contributed by atoms with Crippen molar-refractivity contribution in [1.82, 2.24) is 0 Å². The summed E-state index contributed by atoms with van der Waals surface area (Å²) in [7, 11) is 0. The van der Waals surface area contributed by atoms with Crippen molar-refractivity contribution in [3.05, 3.63) is 62.1 Å². The van der Waals surface area contributed by atoms with Crippen LogP contribution in [0.15, 0.2) is 34.8 Å². The lowest BCUT2D eigenvalue weighted by Crippen LogP contribution is -2.03. The molecule has 0 saturated carbocycles. The largest absolute Gasteiger partial charge is 0.447 e. The SMILES string of the molecule is NCc1cccc(F)c1Oc1cc(F)c(Br)cc1[N+](=O)[O-]. The number of hydrogen-bond acceptors (Lipinski definition) is 4. The molecule has 2 N–H and O–H groups in total. The van der Waals surface area contributed by atoms with Crippen LogP contribution in [0.5, 0.6) is 11.5 Å². The van der Waals surface area contributed by atoms with Gasteiger partial charge in [0.05, 0.1) is 9.40 Å². The van der Waals surface area contributed by atoms with Crippen molar-refractivity contribution < 1.29 is 18.4 Å².